The summed E-state index contributed by atoms with van der Waals surface area (Å²) in [5.41, 5.74) is 4.23. The summed E-state index contributed by atoms with van der Waals surface area (Å²) >= 11 is 0. The van der Waals surface area contributed by atoms with Crippen molar-refractivity contribution in [3.05, 3.63) is 102 Å². The van der Waals surface area contributed by atoms with Gasteiger partial charge in [-0.05, 0) is 52.6 Å². The normalized spacial score (nSPS) is 12.4. The lowest BCUT2D eigenvalue weighted by Gasteiger charge is -2.22. The Balaban J connectivity index is 2.16. The largest absolute Gasteiger partial charge is 0.378 e. The number of anilines is 2. The van der Waals surface area contributed by atoms with Crippen molar-refractivity contribution in [3.8, 4) is 12.3 Å². The Morgan fingerprint density at radius 3 is 1.57 bits per heavy atom. The molecule has 30 heavy (non-hydrogen) atoms. The van der Waals surface area contributed by atoms with Crippen molar-refractivity contribution in [1.82, 2.24) is 0 Å². The van der Waals surface area contributed by atoms with Gasteiger partial charge >= 0.3 is 0 Å². The van der Waals surface area contributed by atoms with Crippen molar-refractivity contribution in [2.45, 2.75) is 5.60 Å². The lowest BCUT2D eigenvalue weighted by molar-refractivity contribution is 0.155. The van der Waals surface area contributed by atoms with Crippen molar-refractivity contribution >= 4 is 16.9 Å². The molecule has 3 aromatic carbocycles. The number of benzene rings is 3. The summed E-state index contributed by atoms with van der Waals surface area (Å²) in [4.78, 5) is 4.11. The van der Waals surface area contributed by atoms with Gasteiger partial charge in [0.2, 0.25) is 0 Å². The number of hydrogen-bond acceptors (Lipinski definition) is 3. The Bertz CT molecular complexity index is 989. The van der Waals surface area contributed by atoms with Crippen LogP contribution >= 0.6 is 0 Å². The van der Waals surface area contributed by atoms with Crippen LogP contribution in [0.1, 0.15) is 16.7 Å². The van der Waals surface area contributed by atoms with E-state index < -0.39 is 5.60 Å². The molecule has 0 bridgehead atoms. The molecule has 3 rings (SSSR count). The number of nitrogens with zero attached hydrogens (tertiary/aromatic N) is 2. The van der Waals surface area contributed by atoms with E-state index in [2.05, 4.69) is 64.3 Å². The second kappa shape index (κ2) is 8.90. The summed E-state index contributed by atoms with van der Waals surface area (Å²) in [6.45, 7) is 0. The number of terminal acetylenes is 1. The van der Waals surface area contributed by atoms with E-state index >= 15 is 0 Å². The Morgan fingerprint density at radius 2 is 1.20 bits per heavy atom. The van der Waals surface area contributed by atoms with Gasteiger partial charge in [-0.15, -0.1) is 6.42 Å². The van der Waals surface area contributed by atoms with Crippen LogP contribution in [0.4, 0.5) is 11.4 Å². The molecule has 1 unspecified atom stereocenters. The first kappa shape index (κ1) is 21.2. The lowest BCUT2D eigenvalue weighted by Crippen LogP contribution is -2.21. The molecule has 0 aliphatic carbocycles. The summed E-state index contributed by atoms with van der Waals surface area (Å²) in [5.74, 6) is 2.59. The van der Waals surface area contributed by atoms with Crippen LogP contribution in [0.3, 0.4) is 0 Å². The van der Waals surface area contributed by atoms with E-state index in [1.54, 1.807) is 6.08 Å². The smallest absolute Gasteiger partial charge is 0.170 e. The monoisotopic (exact) mass is 396 g/mol. The van der Waals surface area contributed by atoms with Gasteiger partial charge in [-0.1, -0.05) is 60.5 Å². The van der Waals surface area contributed by atoms with Gasteiger partial charge in [0, 0.05) is 39.6 Å². The minimum absolute atomic E-state index is 0.667. The van der Waals surface area contributed by atoms with Crippen molar-refractivity contribution in [2.75, 3.05) is 38.0 Å². The van der Waals surface area contributed by atoms with Crippen LogP contribution in [0.5, 0.6) is 0 Å². The van der Waals surface area contributed by atoms with Crippen LogP contribution in [0.2, 0.25) is 0 Å². The molecule has 0 aromatic heterocycles. The molecule has 0 amide bonds. The molecule has 0 aliphatic rings. The van der Waals surface area contributed by atoms with E-state index in [-0.39, 0.29) is 0 Å². The Kier molecular flexibility index (Phi) is 6.30. The second-order valence-electron chi connectivity index (χ2n) is 7.72. The summed E-state index contributed by atoms with van der Waals surface area (Å²) in [6.07, 6.45) is 7.59. The molecular weight excluding hydrogens is 368 g/mol. The van der Waals surface area contributed by atoms with Gasteiger partial charge < -0.3 is 14.9 Å². The van der Waals surface area contributed by atoms with Crippen LogP contribution in [-0.4, -0.2) is 33.3 Å². The fourth-order valence-corrected chi connectivity index (χ4v) is 3.32. The molecule has 3 nitrogen and oxygen atoms in total. The molecule has 0 spiro atoms. The fraction of sp³-hybridized carbons (Fsp3) is 0.185. The van der Waals surface area contributed by atoms with Crippen LogP contribution < -0.4 is 9.80 Å². The quantitative estimate of drug-likeness (QED) is 0.608. The molecule has 3 heteroatoms. The summed E-state index contributed by atoms with van der Waals surface area (Å²) in [6, 6.07) is 25.8. The third-order valence-electron chi connectivity index (χ3n) is 5.18. The first-order valence-electron chi connectivity index (χ1n) is 9.88. The maximum atomic E-state index is 11.3. The van der Waals surface area contributed by atoms with E-state index in [0.29, 0.717) is 5.56 Å². The highest BCUT2D eigenvalue weighted by Gasteiger charge is 2.25. The van der Waals surface area contributed by atoms with E-state index in [0.717, 1.165) is 28.1 Å². The zero-order valence-corrected chi connectivity index (χ0v) is 18.0. The maximum absolute atomic E-state index is 11.3. The second-order valence-corrected chi connectivity index (χ2v) is 7.72. The average molecular weight is 397 g/mol. The molecule has 0 saturated heterocycles. The van der Waals surface area contributed by atoms with Crippen LogP contribution in [0.15, 0.2) is 84.9 Å². The molecule has 0 aliphatic heterocycles. The molecule has 0 fully saturated rings. The molecule has 0 saturated carbocycles. The zero-order chi connectivity index (χ0) is 21.7. The number of aliphatic hydroxyl groups is 1. The van der Waals surface area contributed by atoms with E-state index in [1.165, 1.54) is 0 Å². The highest BCUT2D eigenvalue weighted by molar-refractivity contribution is 5.82. The van der Waals surface area contributed by atoms with Gasteiger partial charge in [0.25, 0.3) is 0 Å². The van der Waals surface area contributed by atoms with E-state index in [4.69, 9.17) is 6.42 Å². The highest BCUT2D eigenvalue weighted by atomic mass is 16.3. The zero-order valence-electron chi connectivity index (χ0n) is 18.0. The van der Waals surface area contributed by atoms with Crippen LogP contribution in [0.25, 0.3) is 5.57 Å². The molecule has 1 N–H and O–H groups in total. The molecule has 152 valence electrons. The molecular formula is C27H28N2O. The predicted octanol–water partition coefficient (Wildman–Crippen LogP) is 4.77. The highest BCUT2D eigenvalue weighted by Crippen LogP contribution is 2.32. The van der Waals surface area contributed by atoms with Crippen LogP contribution in [-0.2, 0) is 5.60 Å². The summed E-state index contributed by atoms with van der Waals surface area (Å²) < 4.78 is 0. The average Bonchev–Trinajstić information content (AvgIpc) is 2.78. The Hall–Kier alpha value is -3.48. The Morgan fingerprint density at radius 1 is 0.767 bits per heavy atom. The summed E-state index contributed by atoms with van der Waals surface area (Å²) in [7, 11) is 8.05. The van der Waals surface area contributed by atoms with Gasteiger partial charge in [-0.2, -0.15) is 0 Å². The van der Waals surface area contributed by atoms with Gasteiger partial charge in [0.05, 0.1) is 0 Å². The molecule has 0 heterocycles. The SMILES string of the molecule is C#CC(O)(C=C(c1ccc(N(C)C)cc1)c1ccc(N(C)C)cc1)c1ccccc1. The van der Waals surface area contributed by atoms with Crippen molar-refractivity contribution in [1.29, 1.82) is 0 Å². The van der Waals surface area contributed by atoms with Gasteiger partial charge in [-0.25, -0.2) is 0 Å². The fourth-order valence-electron chi connectivity index (χ4n) is 3.32. The first-order chi connectivity index (χ1) is 14.3. The lowest BCUT2D eigenvalue weighted by atomic mass is 9.87. The number of hydrogen-bond donors (Lipinski definition) is 1. The number of rotatable bonds is 6. The van der Waals surface area contributed by atoms with E-state index in [1.807, 2.05) is 58.5 Å². The standard InChI is InChI=1S/C27H28N2O/c1-6-27(30,23-10-8-7-9-11-23)20-26(21-12-16-24(17-13-21)28(2)3)22-14-18-25(19-15-22)29(4)5/h1,7-20,30H,2-5H3. The third-order valence-corrected chi connectivity index (χ3v) is 5.18. The Labute approximate surface area is 179 Å². The molecule has 0 radical (unpaired) electrons. The minimum atomic E-state index is -1.52. The molecule has 3 aromatic rings. The maximum Gasteiger partial charge on any atom is 0.170 e. The van der Waals surface area contributed by atoms with Gasteiger partial charge in [0.15, 0.2) is 5.60 Å². The third kappa shape index (κ3) is 4.56. The van der Waals surface area contributed by atoms with Crippen molar-refractivity contribution < 1.29 is 5.11 Å². The van der Waals surface area contributed by atoms with Gasteiger partial charge in [-0.3, -0.25) is 0 Å². The first-order valence-corrected chi connectivity index (χ1v) is 9.88. The minimum Gasteiger partial charge on any atom is -0.378 e. The van der Waals surface area contributed by atoms with Crippen molar-refractivity contribution in [2.24, 2.45) is 0 Å². The van der Waals surface area contributed by atoms with Crippen molar-refractivity contribution in [3.63, 3.8) is 0 Å². The summed E-state index contributed by atoms with van der Waals surface area (Å²) in [5, 5.41) is 11.3. The predicted molar refractivity (Wildman–Crippen MR) is 128 cm³/mol. The van der Waals surface area contributed by atoms with E-state index in [9.17, 15) is 5.11 Å². The van der Waals surface area contributed by atoms with Gasteiger partial charge in [0.1, 0.15) is 0 Å². The molecule has 1 atom stereocenters. The topological polar surface area (TPSA) is 26.7 Å². The van der Waals surface area contributed by atoms with Crippen LogP contribution in [0, 0.1) is 12.3 Å².